The second kappa shape index (κ2) is 10.1. The highest BCUT2D eigenvalue weighted by Gasteiger charge is 2.30. The van der Waals surface area contributed by atoms with Gasteiger partial charge >= 0.3 is 0 Å². The van der Waals surface area contributed by atoms with Crippen molar-refractivity contribution < 1.29 is 4.79 Å². The normalized spacial score (nSPS) is 23.9. The van der Waals surface area contributed by atoms with E-state index in [-0.39, 0.29) is 24.5 Å². The minimum atomic E-state index is -0.266. The van der Waals surface area contributed by atoms with E-state index < -0.39 is 0 Å². The van der Waals surface area contributed by atoms with Crippen molar-refractivity contribution in [2.45, 2.75) is 76.9 Å². The second-order valence-corrected chi connectivity index (χ2v) is 8.48. The van der Waals surface area contributed by atoms with Crippen LogP contribution in [0.4, 0.5) is 0 Å². The molecular formula is C21H29ClN6O. The number of likely N-dealkylation sites (tertiary alicyclic amines) is 1. The van der Waals surface area contributed by atoms with Gasteiger partial charge in [-0.3, -0.25) is 4.79 Å². The van der Waals surface area contributed by atoms with E-state index >= 15 is 0 Å². The number of imidazole rings is 1. The Hall–Kier alpha value is -2.09. The second-order valence-electron chi connectivity index (χ2n) is 8.12. The Kier molecular flexibility index (Phi) is 7.52. The smallest absolute Gasteiger partial charge is 0.237 e. The van der Waals surface area contributed by atoms with E-state index in [2.05, 4.69) is 29.4 Å². The molecule has 1 saturated carbocycles. The molecule has 7 nitrogen and oxygen atoms in total. The van der Waals surface area contributed by atoms with Gasteiger partial charge in [-0.05, 0) is 44.4 Å². The number of halogens is 1. The van der Waals surface area contributed by atoms with Crippen LogP contribution in [0.5, 0.6) is 0 Å². The predicted molar refractivity (Wildman–Crippen MR) is 110 cm³/mol. The van der Waals surface area contributed by atoms with Crippen molar-refractivity contribution in [1.82, 2.24) is 19.8 Å². The van der Waals surface area contributed by atoms with Crippen LogP contribution in [0, 0.1) is 28.6 Å². The van der Waals surface area contributed by atoms with Gasteiger partial charge in [-0.1, -0.05) is 24.9 Å². The molecule has 3 rings (SSSR count). The van der Waals surface area contributed by atoms with E-state index in [0.29, 0.717) is 23.3 Å². The van der Waals surface area contributed by atoms with E-state index in [1.54, 1.807) is 4.90 Å². The summed E-state index contributed by atoms with van der Waals surface area (Å²) in [7, 11) is 0. The summed E-state index contributed by atoms with van der Waals surface area (Å²) in [5.74, 6) is 1.35. The molecule has 1 aromatic heterocycles. The van der Waals surface area contributed by atoms with E-state index in [1.165, 1.54) is 0 Å². The number of unbranched alkanes of at least 4 members (excludes halogenated alkanes) is 1. The van der Waals surface area contributed by atoms with Crippen LogP contribution in [0.3, 0.4) is 0 Å². The van der Waals surface area contributed by atoms with Gasteiger partial charge < -0.3 is 14.8 Å². The summed E-state index contributed by atoms with van der Waals surface area (Å²) < 4.78 is 2.00. The first-order valence-electron chi connectivity index (χ1n) is 10.6. The number of nitriles is 2. The summed E-state index contributed by atoms with van der Waals surface area (Å²) in [6, 6.07) is 4.45. The third kappa shape index (κ3) is 5.10. The molecule has 3 atom stereocenters. The Morgan fingerprint density at radius 2 is 2.17 bits per heavy atom. The molecule has 1 amide bonds. The molecule has 8 heteroatoms. The van der Waals surface area contributed by atoms with Gasteiger partial charge in [-0.15, -0.1) is 0 Å². The van der Waals surface area contributed by atoms with Crippen LogP contribution in [-0.2, 0) is 17.8 Å². The number of aryl methyl sites for hydroxylation is 1. The number of amides is 1. The topological polar surface area (TPSA) is 97.7 Å². The van der Waals surface area contributed by atoms with Crippen molar-refractivity contribution in [2.75, 3.05) is 13.1 Å². The first-order valence-corrected chi connectivity index (χ1v) is 11.0. The Morgan fingerprint density at radius 3 is 2.90 bits per heavy atom. The van der Waals surface area contributed by atoms with E-state index in [1.807, 2.05) is 4.57 Å². The highest BCUT2D eigenvalue weighted by molar-refractivity contribution is 6.30. The number of carbonyl (C=O) groups is 1. The Balaban J connectivity index is 1.53. The predicted octanol–water partition coefficient (Wildman–Crippen LogP) is 3.02. The molecule has 2 aliphatic rings. The molecule has 156 valence electrons. The van der Waals surface area contributed by atoms with Gasteiger partial charge in [0.15, 0.2) is 10.8 Å². The monoisotopic (exact) mass is 416 g/mol. The van der Waals surface area contributed by atoms with Crippen molar-refractivity contribution in [2.24, 2.45) is 5.92 Å². The fourth-order valence-electron chi connectivity index (χ4n) is 4.51. The largest absolute Gasteiger partial charge is 0.326 e. The van der Waals surface area contributed by atoms with Gasteiger partial charge in [0.2, 0.25) is 5.91 Å². The molecule has 0 spiro atoms. The molecule has 2 fully saturated rings. The van der Waals surface area contributed by atoms with Crippen LogP contribution >= 0.6 is 11.6 Å². The fourth-order valence-corrected chi connectivity index (χ4v) is 4.75. The third-order valence-electron chi connectivity index (χ3n) is 6.11. The summed E-state index contributed by atoms with van der Waals surface area (Å²) in [6.07, 6.45) is 7.63. The molecule has 0 radical (unpaired) electrons. The van der Waals surface area contributed by atoms with Gasteiger partial charge in [-0.25, -0.2) is 4.98 Å². The zero-order valence-electron chi connectivity index (χ0n) is 17.0. The standard InChI is InChI=1S/C21H29ClN6O/c1-2-3-6-19-26-21(22)18(12-24)28(19)14-15-7-8-16(10-15)25-13-20(29)27-9-4-5-17(27)11-23/h15-17,25H,2-10,13-14H2,1H3/t15-,16+,17-/m0/s1. The lowest BCUT2D eigenvalue weighted by atomic mass is 10.1. The fraction of sp³-hybridized carbons (Fsp3) is 0.714. The van der Waals surface area contributed by atoms with Crippen LogP contribution in [0.25, 0.3) is 0 Å². The van der Waals surface area contributed by atoms with Gasteiger partial charge in [0, 0.05) is 25.6 Å². The molecule has 1 aliphatic heterocycles. The van der Waals surface area contributed by atoms with Crippen molar-refractivity contribution in [3.63, 3.8) is 0 Å². The summed E-state index contributed by atoms with van der Waals surface area (Å²) >= 11 is 6.18. The van der Waals surface area contributed by atoms with Crippen LogP contribution in [0.1, 0.15) is 63.4 Å². The van der Waals surface area contributed by atoms with Gasteiger partial charge in [0.1, 0.15) is 17.9 Å². The van der Waals surface area contributed by atoms with Crippen molar-refractivity contribution >= 4 is 17.5 Å². The molecule has 1 saturated heterocycles. The van der Waals surface area contributed by atoms with Crippen LogP contribution in [0.2, 0.25) is 5.15 Å². The third-order valence-corrected chi connectivity index (χ3v) is 6.37. The van der Waals surface area contributed by atoms with Crippen molar-refractivity contribution in [3.05, 3.63) is 16.7 Å². The molecular weight excluding hydrogens is 388 g/mol. The molecule has 1 aliphatic carbocycles. The lowest BCUT2D eigenvalue weighted by molar-refractivity contribution is -0.130. The van der Waals surface area contributed by atoms with Crippen molar-refractivity contribution in [1.29, 1.82) is 10.5 Å². The first-order chi connectivity index (χ1) is 14.1. The lowest BCUT2D eigenvalue weighted by Gasteiger charge is -2.21. The summed E-state index contributed by atoms with van der Waals surface area (Å²) in [5, 5.41) is 22.3. The van der Waals surface area contributed by atoms with E-state index in [4.69, 9.17) is 16.9 Å². The molecule has 2 heterocycles. The lowest BCUT2D eigenvalue weighted by Crippen LogP contribution is -2.42. The molecule has 29 heavy (non-hydrogen) atoms. The van der Waals surface area contributed by atoms with Crippen LogP contribution in [-0.4, -0.2) is 45.5 Å². The number of hydrogen-bond donors (Lipinski definition) is 1. The maximum absolute atomic E-state index is 12.4. The summed E-state index contributed by atoms with van der Waals surface area (Å²) in [5.41, 5.74) is 0.459. The van der Waals surface area contributed by atoms with E-state index in [0.717, 1.165) is 63.7 Å². The first kappa shape index (κ1) is 21.6. The minimum Gasteiger partial charge on any atom is -0.326 e. The number of hydrogen-bond acceptors (Lipinski definition) is 5. The van der Waals surface area contributed by atoms with Gasteiger partial charge in [-0.2, -0.15) is 10.5 Å². The zero-order chi connectivity index (χ0) is 20.8. The Bertz CT molecular complexity index is 807. The summed E-state index contributed by atoms with van der Waals surface area (Å²) in [4.78, 5) is 18.5. The van der Waals surface area contributed by atoms with Gasteiger partial charge in [0.25, 0.3) is 0 Å². The Morgan fingerprint density at radius 1 is 1.34 bits per heavy atom. The molecule has 1 aromatic rings. The van der Waals surface area contributed by atoms with Crippen LogP contribution < -0.4 is 5.32 Å². The van der Waals surface area contributed by atoms with Crippen LogP contribution in [0.15, 0.2) is 0 Å². The molecule has 1 N–H and O–H groups in total. The molecule has 0 bridgehead atoms. The average Bonchev–Trinajstić information content (AvgIpc) is 3.43. The number of carbonyl (C=O) groups excluding carboxylic acids is 1. The average molecular weight is 417 g/mol. The maximum Gasteiger partial charge on any atom is 0.237 e. The molecule has 0 aromatic carbocycles. The number of nitrogens with zero attached hydrogens (tertiary/aromatic N) is 5. The Labute approximate surface area is 177 Å². The van der Waals surface area contributed by atoms with Crippen molar-refractivity contribution in [3.8, 4) is 12.1 Å². The van der Waals surface area contributed by atoms with Gasteiger partial charge in [0.05, 0.1) is 12.6 Å². The number of aromatic nitrogens is 2. The maximum atomic E-state index is 12.4. The zero-order valence-corrected chi connectivity index (χ0v) is 17.8. The quantitative estimate of drug-likeness (QED) is 0.702. The minimum absolute atomic E-state index is 0.0208. The molecule has 0 unspecified atom stereocenters. The summed E-state index contributed by atoms with van der Waals surface area (Å²) in [6.45, 7) is 3.86. The highest BCUT2D eigenvalue weighted by Crippen LogP contribution is 2.29. The number of rotatable bonds is 8. The number of nitrogens with one attached hydrogen (secondary N) is 1. The van der Waals surface area contributed by atoms with E-state index in [9.17, 15) is 10.1 Å². The highest BCUT2D eigenvalue weighted by atomic mass is 35.5. The SMILES string of the molecule is CCCCc1nc(Cl)c(C#N)n1C[C@H]1CC[C@@H](NCC(=O)N2CCC[C@H]2C#N)C1.